The van der Waals surface area contributed by atoms with Crippen molar-refractivity contribution in [1.29, 1.82) is 0 Å². The molecule has 0 saturated heterocycles. The minimum absolute atomic E-state index is 0.578. The number of alkyl halides is 1. The maximum Gasteiger partial charge on any atom is 0.112 e. The molecule has 1 atom stereocenters. The fraction of sp³-hybridized carbons (Fsp3) is 1.00. The molecule has 0 aliphatic heterocycles. The van der Waals surface area contributed by atoms with Crippen molar-refractivity contribution in [3.8, 4) is 0 Å². The monoisotopic (exact) mass is 161 g/mol. The molecule has 11 heavy (non-hydrogen) atoms. The SMILES string of the molecule is CCC(F)CN(C)CC(C)C. The van der Waals surface area contributed by atoms with Gasteiger partial charge in [0.2, 0.25) is 0 Å². The summed E-state index contributed by atoms with van der Waals surface area (Å²) in [6, 6.07) is 0. The summed E-state index contributed by atoms with van der Waals surface area (Å²) >= 11 is 0. The molecule has 0 aromatic rings. The number of hydrogen-bond acceptors (Lipinski definition) is 1. The van der Waals surface area contributed by atoms with Crippen LogP contribution in [0.4, 0.5) is 4.39 Å². The fourth-order valence-electron chi connectivity index (χ4n) is 1.17. The lowest BCUT2D eigenvalue weighted by molar-refractivity contribution is 0.201. The van der Waals surface area contributed by atoms with E-state index in [0.29, 0.717) is 18.9 Å². The van der Waals surface area contributed by atoms with E-state index in [1.807, 2.05) is 14.0 Å². The van der Waals surface area contributed by atoms with Crippen LogP contribution in [-0.4, -0.2) is 31.2 Å². The summed E-state index contributed by atoms with van der Waals surface area (Å²) in [7, 11) is 1.97. The Hall–Kier alpha value is -0.110. The molecule has 0 aromatic heterocycles. The predicted octanol–water partition coefficient (Wildman–Crippen LogP) is 2.32. The normalized spacial score (nSPS) is 14.5. The van der Waals surface area contributed by atoms with Crippen LogP contribution in [0.1, 0.15) is 27.2 Å². The molecule has 0 amide bonds. The molecule has 1 unspecified atom stereocenters. The van der Waals surface area contributed by atoms with Crippen LogP contribution in [0.3, 0.4) is 0 Å². The molecular formula is C9H20FN. The molecule has 0 saturated carbocycles. The van der Waals surface area contributed by atoms with Crippen molar-refractivity contribution < 1.29 is 4.39 Å². The van der Waals surface area contributed by atoms with Crippen LogP contribution >= 0.6 is 0 Å². The van der Waals surface area contributed by atoms with Crippen molar-refractivity contribution >= 4 is 0 Å². The van der Waals surface area contributed by atoms with Gasteiger partial charge in [-0.15, -0.1) is 0 Å². The Morgan fingerprint density at radius 1 is 1.27 bits per heavy atom. The number of halogens is 1. The number of nitrogens with zero attached hydrogens (tertiary/aromatic N) is 1. The second kappa shape index (κ2) is 5.53. The van der Waals surface area contributed by atoms with E-state index in [1.165, 1.54) is 0 Å². The molecular weight excluding hydrogens is 141 g/mol. The van der Waals surface area contributed by atoms with E-state index in [0.717, 1.165) is 6.54 Å². The summed E-state index contributed by atoms with van der Waals surface area (Å²) in [4.78, 5) is 2.05. The molecule has 0 N–H and O–H groups in total. The highest BCUT2D eigenvalue weighted by atomic mass is 19.1. The zero-order chi connectivity index (χ0) is 8.85. The average Bonchev–Trinajstić information content (AvgIpc) is 1.85. The Labute approximate surface area is 69.6 Å². The van der Waals surface area contributed by atoms with Crippen LogP contribution in [0.2, 0.25) is 0 Å². The van der Waals surface area contributed by atoms with Crippen LogP contribution < -0.4 is 0 Å². The van der Waals surface area contributed by atoms with Crippen molar-refractivity contribution in [2.45, 2.75) is 33.4 Å². The lowest BCUT2D eigenvalue weighted by Crippen LogP contribution is -2.29. The van der Waals surface area contributed by atoms with Gasteiger partial charge in [-0.25, -0.2) is 4.39 Å². The molecule has 68 valence electrons. The number of rotatable bonds is 5. The Morgan fingerprint density at radius 3 is 2.18 bits per heavy atom. The third-order valence-corrected chi connectivity index (χ3v) is 1.63. The minimum atomic E-state index is -0.654. The Bertz CT molecular complexity index is 93.6. The number of hydrogen-bond donors (Lipinski definition) is 0. The summed E-state index contributed by atoms with van der Waals surface area (Å²) in [5.41, 5.74) is 0. The maximum atomic E-state index is 12.8. The van der Waals surface area contributed by atoms with Crippen molar-refractivity contribution in [3.05, 3.63) is 0 Å². The van der Waals surface area contributed by atoms with Gasteiger partial charge in [0.25, 0.3) is 0 Å². The van der Waals surface area contributed by atoms with Crippen LogP contribution in [0.15, 0.2) is 0 Å². The minimum Gasteiger partial charge on any atom is -0.303 e. The summed E-state index contributed by atoms with van der Waals surface area (Å²) in [6.45, 7) is 7.74. The summed E-state index contributed by atoms with van der Waals surface area (Å²) in [5, 5.41) is 0. The average molecular weight is 161 g/mol. The van der Waals surface area contributed by atoms with Crippen LogP contribution in [0, 0.1) is 5.92 Å². The van der Waals surface area contributed by atoms with Gasteiger partial charge in [0.05, 0.1) is 0 Å². The first-order valence-corrected chi connectivity index (χ1v) is 4.38. The third kappa shape index (κ3) is 6.29. The van der Waals surface area contributed by atoms with E-state index < -0.39 is 6.17 Å². The van der Waals surface area contributed by atoms with Crippen LogP contribution in [0.5, 0.6) is 0 Å². The molecule has 1 nitrogen and oxygen atoms in total. The maximum absolute atomic E-state index is 12.8. The van der Waals surface area contributed by atoms with Gasteiger partial charge in [0.1, 0.15) is 6.17 Å². The Morgan fingerprint density at radius 2 is 1.82 bits per heavy atom. The summed E-state index contributed by atoms with van der Waals surface area (Å²) in [6.07, 6.45) is -0.0265. The van der Waals surface area contributed by atoms with Gasteiger partial charge in [-0.2, -0.15) is 0 Å². The Balaban J connectivity index is 3.43. The van der Waals surface area contributed by atoms with Crippen molar-refractivity contribution in [2.75, 3.05) is 20.1 Å². The van der Waals surface area contributed by atoms with Gasteiger partial charge in [-0.05, 0) is 19.4 Å². The zero-order valence-electron chi connectivity index (χ0n) is 8.10. The van der Waals surface area contributed by atoms with Crippen molar-refractivity contribution in [2.24, 2.45) is 5.92 Å². The third-order valence-electron chi connectivity index (χ3n) is 1.63. The second-order valence-electron chi connectivity index (χ2n) is 3.62. The van der Waals surface area contributed by atoms with Gasteiger partial charge in [-0.3, -0.25) is 0 Å². The standard InChI is InChI=1S/C9H20FN/c1-5-9(10)7-11(4)6-8(2)3/h8-9H,5-7H2,1-4H3. The van der Waals surface area contributed by atoms with E-state index in [1.54, 1.807) is 0 Å². The zero-order valence-corrected chi connectivity index (χ0v) is 8.10. The van der Waals surface area contributed by atoms with Gasteiger partial charge in [0.15, 0.2) is 0 Å². The van der Waals surface area contributed by atoms with Crippen LogP contribution in [0.25, 0.3) is 0 Å². The molecule has 0 fully saturated rings. The molecule has 0 rings (SSSR count). The molecule has 2 heteroatoms. The van der Waals surface area contributed by atoms with Crippen LogP contribution in [-0.2, 0) is 0 Å². The first-order chi connectivity index (χ1) is 5.06. The van der Waals surface area contributed by atoms with E-state index in [4.69, 9.17) is 0 Å². The second-order valence-corrected chi connectivity index (χ2v) is 3.62. The Kier molecular flexibility index (Phi) is 5.47. The summed E-state index contributed by atoms with van der Waals surface area (Å²) in [5.74, 6) is 0.629. The molecule has 0 bridgehead atoms. The molecule has 0 aliphatic carbocycles. The van der Waals surface area contributed by atoms with Gasteiger partial charge in [-0.1, -0.05) is 20.8 Å². The van der Waals surface area contributed by atoms with E-state index in [-0.39, 0.29) is 0 Å². The molecule has 0 radical (unpaired) electrons. The molecule has 0 heterocycles. The van der Waals surface area contributed by atoms with Crippen molar-refractivity contribution in [3.63, 3.8) is 0 Å². The van der Waals surface area contributed by atoms with E-state index in [9.17, 15) is 4.39 Å². The highest BCUT2D eigenvalue weighted by Crippen LogP contribution is 2.01. The molecule has 0 spiro atoms. The van der Waals surface area contributed by atoms with E-state index in [2.05, 4.69) is 18.7 Å². The smallest absolute Gasteiger partial charge is 0.112 e. The summed E-state index contributed by atoms with van der Waals surface area (Å²) < 4.78 is 12.8. The molecule has 0 aliphatic rings. The predicted molar refractivity (Wildman–Crippen MR) is 47.5 cm³/mol. The quantitative estimate of drug-likeness (QED) is 0.598. The first kappa shape index (κ1) is 10.9. The highest BCUT2D eigenvalue weighted by Gasteiger charge is 2.08. The van der Waals surface area contributed by atoms with Crippen molar-refractivity contribution in [1.82, 2.24) is 4.90 Å². The lowest BCUT2D eigenvalue weighted by Gasteiger charge is -2.20. The van der Waals surface area contributed by atoms with Gasteiger partial charge >= 0.3 is 0 Å². The van der Waals surface area contributed by atoms with Gasteiger partial charge < -0.3 is 4.90 Å². The lowest BCUT2D eigenvalue weighted by atomic mass is 10.2. The first-order valence-electron chi connectivity index (χ1n) is 4.38. The topological polar surface area (TPSA) is 3.24 Å². The largest absolute Gasteiger partial charge is 0.303 e. The molecule has 0 aromatic carbocycles. The highest BCUT2D eigenvalue weighted by molar-refractivity contribution is 4.60. The van der Waals surface area contributed by atoms with Gasteiger partial charge in [0, 0.05) is 13.1 Å². The van der Waals surface area contributed by atoms with E-state index >= 15 is 0 Å². The fourth-order valence-corrected chi connectivity index (χ4v) is 1.17.